The molecule has 2 heterocycles. The molecule has 0 spiro atoms. The number of aromatic nitrogens is 4. The van der Waals surface area contributed by atoms with Crippen molar-refractivity contribution in [2.45, 2.75) is 25.4 Å². The number of imidazole rings is 1. The summed E-state index contributed by atoms with van der Waals surface area (Å²) in [5, 5.41) is 3.43. The van der Waals surface area contributed by atoms with E-state index in [-0.39, 0.29) is 18.6 Å². The summed E-state index contributed by atoms with van der Waals surface area (Å²) in [6.45, 7) is 1.51. The Balaban J connectivity index is 1.32. The Kier molecular flexibility index (Phi) is 6.94. The van der Waals surface area contributed by atoms with Crippen LogP contribution >= 0.6 is 7.75 Å². The Bertz CT molecular complexity index is 1230. The first-order chi connectivity index (χ1) is 16.3. The van der Waals surface area contributed by atoms with Crippen molar-refractivity contribution in [1.82, 2.24) is 24.6 Å². The number of amides is 1. The second-order valence-corrected chi connectivity index (χ2v) is 9.37. The van der Waals surface area contributed by atoms with E-state index in [9.17, 15) is 14.3 Å². The van der Waals surface area contributed by atoms with Crippen molar-refractivity contribution in [2.75, 3.05) is 24.5 Å². The molecule has 4 N–H and O–H groups in total. The zero-order chi connectivity index (χ0) is 24.3. The number of benzene rings is 1. The van der Waals surface area contributed by atoms with Crippen molar-refractivity contribution in [3.63, 3.8) is 0 Å². The highest BCUT2D eigenvalue weighted by molar-refractivity contribution is 7.51. The molecular formula is C21H26N7O5P. The molecule has 34 heavy (non-hydrogen) atoms. The van der Waals surface area contributed by atoms with Crippen molar-refractivity contribution in [2.24, 2.45) is 5.92 Å². The normalized spacial score (nSPS) is 20.2. The predicted octanol–water partition coefficient (Wildman–Crippen LogP) is 2.22. The van der Waals surface area contributed by atoms with E-state index in [0.29, 0.717) is 29.1 Å². The van der Waals surface area contributed by atoms with Crippen LogP contribution in [-0.4, -0.2) is 50.1 Å². The van der Waals surface area contributed by atoms with Gasteiger partial charge in [0.1, 0.15) is 17.9 Å². The number of hydroxylamine groups is 1. The van der Waals surface area contributed by atoms with Gasteiger partial charge in [0.2, 0.25) is 0 Å². The number of nitrogen functional groups attached to an aromatic ring is 1. The predicted molar refractivity (Wildman–Crippen MR) is 125 cm³/mol. The Hall–Kier alpha value is -3.31. The van der Waals surface area contributed by atoms with Crippen LogP contribution in [-0.2, 0) is 18.7 Å². The van der Waals surface area contributed by atoms with Crippen LogP contribution in [0.5, 0.6) is 0 Å². The third-order valence-corrected chi connectivity index (χ3v) is 6.55. The molecule has 0 bridgehead atoms. The van der Waals surface area contributed by atoms with Crippen molar-refractivity contribution in [1.29, 1.82) is 0 Å². The lowest BCUT2D eigenvalue weighted by Gasteiger charge is -2.28. The van der Waals surface area contributed by atoms with Gasteiger partial charge in [-0.2, -0.15) is 0 Å². The minimum atomic E-state index is -4.39. The molecule has 4 atom stereocenters. The summed E-state index contributed by atoms with van der Waals surface area (Å²) >= 11 is 0. The Morgan fingerprint density at radius 1 is 1.32 bits per heavy atom. The molecule has 0 fully saturated rings. The molecule has 0 saturated carbocycles. The van der Waals surface area contributed by atoms with Gasteiger partial charge in [-0.15, -0.1) is 0 Å². The maximum Gasteiger partial charge on any atom is 0.432 e. The van der Waals surface area contributed by atoms with E-state index >= 15 is 0 Å². The van der Waals surface area contributed by atoms with Crippen molar-refractivity contribution in [3.05, 3.63) is 55.1 Å². The van der Waals surface area contributed by atoms with E-state index in [1.165, 1.54) is 18.5 Å². The van der Waals surface area contributed by atoms with Gasteiger partial charge in [0.25, 0.3) is 5.91 Å². The van der Waals surface area contributed by atoms with Gasteiger partial charge in [-0.25, -0.2) is 24.6 Å². The number of hydrogen-bond acceptors (Lipinski definition) is 9. The van der Waals surface area contributed by atoms with E-state index in [2.05, 4.69) is 20.0 Å². The minimum Gasteiger partial charge on any atom is -0.382 e. The molecule has 1 aliphatic carbocycles. The highest BCUT2D eigenvalue weighted by Crippen LogP contribution is 2.40. The molecule has 0 aliphatic heterocycles. The van der Waals surface area contributed by atoms with Crippen LogP contribution in [0, 0.1) is 5.92 Å². The fourth-order valence-corrected chi connectivity index (χ4v) is 4.75. The molecule has 1 amide bonds. The summed E-state index contributed by atoms with van der Waals surface area (Å²) < 4.78 is 19.6. The van der Waals surface area contributed by atoms with Gasteiger partial charge >= 0.3 is 7.75 Å². The smallest absolute Gasteiger partial charge is 0.382 e. The first kappa shape index (κ1) is 23.8. The largest absolute Gasteiger partial charge is 0.432 e. The lowest BCUT2D eigenvalue weighted by Crippen LogP contribution is -2.44. The van der Waals surface area contributed by atoms with Crippen molar-refractivity contribution < 1.29 is 23.6 Å². The van der Waals surface area contributed by atoms with Crippen LogP contribution in [0.3, 0.4) is 0 Å². The van der Waals surface area contributed by atoms with Crippen LogP contribution in [0.1, 0.15) is 19.4 Å². The van der Waals surface area contributed by atoms with E-state index in [1.54, 1.807) is 37.5 Å². The average molecular weight is 487 g/mol. The first-order valence-corrected chi connectivity index (χ1v) is 12.2. The molecule has 4 rings (SSSR count). The summed E-state index contributed by atoms with van der Waals surface area (Å²) in [7, 11) is -2.98. The Morgan fingerprint density at radius 2 is 2.09 bits per heavy atom. The molecule has 0 radical (unpaired) electrons. The molecule has 0 saturated heterocycles. The van der Waals surface area contributed by atoms with Crippen LogP contribution in [0.4, 0.5) is 11.5 Å². The molecule has 2 aromatic heterocycles. The topological polar surface area (TPSA) is 158 Å². The zero-order valence-electron chi connectivity index (χ0n) is 18.7. The van der Waals surface area contributed by atoms with E-state index < -0.39 is 19.7 Å². The molecule has 3 aromatic rings. The Labute approximate surface area is 196 Å². The highest BCUT2D eigenvalue weighted by atomic mass is 31.2. The number of rotatable bonds is 9. The number of nitrogens with one attached hydrogen (secondary N) is 1. The number of nitrogens with zero attached hydrogens (tertiary/aromatic N) is 5. The molecule has 1 aromatic carbocycles. The van der Waals surface area contributed by atoms with E-state index in [4.69, 9.17) is 15.1 Å². The number of carbonyl (C=O) groups excluding carboxylic acids is 1. The molecular weight excluding hydrogens is 461 g/mol. The van der Waals surface area contributed by atoms with Crippen molar-refractivity contribution >= 4 is 36.3 Å². The SMILES string of the molecule is CON(c1ccccc1)[C@H](C)C(=O)NP(=O)(O)OC[C@H]1C=C[C@@H](n2cnc3c(N)ncnc32)C1. The van der Waals surface area contributed by atoms with E-state index in [0.717, 1.165) is 0 Å². The summed E-state index contributed by atoms with van der Waals surface area (Å²) in [6.07, 6.45) is 7.47. The molecule has 180 valence electrons. The van der Waals surface area contributed by atoms with Gasteiger partial charge in [-0.1, -0.05) is 30.4 Å². The zero-order valence-corrected chi connectivity index (χ0v) is 19.6. The molecule has 12 nitrogen and oxygen atoms in total. The number of anilines is 2. The molecule has 1 unspecified atom stereocenters. The third-order valence-electron chi connectivity index (χ3n) is 5.55. The highest BCUT2D eigenvalue weighted by Gasteiger charge is 2.31. The first-order valence-electron chi connectivity index (χ1n) is 10.6. The number of allylic oxidation sites excluding steroid dienone is 1. The quantitative estimate of drug-likeness (QED) is 0.232. The summed E-state index contributed by atoms with van der Waals surface area (Å²) in [4.78, 5) is 40.5. The maximum absolute atomic E-state index is 12.6. The number of nitrogens with two attached hydrogens (primary N) is 1. The van der Waals surface area contributed by atoms with Crippen molar-refractivity contribution in [3.8, 4) is 0 Å². The number of carbonyl (C=O) groups is 1. The number of fused-ring (bicyclic) bond motifs is 1. The fourth-order valence-electron chi connectivity index (χ4n) is 3.83. The number of para-hydroxylation sites is 1. The molecule has 13 heteroatoms. The summed E-state index contributed by atoms with van der Waals surface area (Å²) in [5.41, 5.74) is 7.60. The Morgan fingerprint density at radius 3 is 2.82 bits per heavy atom. The van der Waals surface area contributed by atoms with Gasteiger partial charge in [-0.3, -0.25) is 19.2 Å². The van der Waals surface area contributed by atoms with Gasteiger partial charge < -0.3 is 15.2 Å². The average Bonchev–Trinajstić information content (AvgIpc) is 3.46. The monoisotopic (exact) mass is 487 g/mol. The van der Waals surface area contributed by atoms with Crippen LogP contribution in [0.25, 0.3) is 11.2 Å². The van der Waals surface area contributed by atoms with Gasteiger partial charge in [0.15, 0.2) is 11.5 Å². The second kappa shape index (κ2) is 9.90. The standard InChI is InChI=1S/C21H26N7O5P/c1-14(28(32-2)16-6-4-3-5-7-16)21(29)26-34(30,31)33-11-15-8-9-17(10-15)27-13-25-18-19(22)23-12-24-20(18)27/h3-9,12-15,17H,10-11H2,1-2H3,(H2,22,23,24)(H2,26,29,30,31)/t14-,15+,17-/m1/s1. The minimum absolute atomic E-state index is 0.0497. The summed E-state index contributed by atoms with van der Waals surface area (Å²) in [5.74, 6) is -0.550. The fraction of sp³-hybridized carbons (Fsp3) is 0.333. The third kappa shape index (κ3) is 5.10. The van der Waals surface area contributed by atoms with Gasteiger partial charge in [-0.05, 0) is 25.5 Å². The van der Waals surface area contributed by atoms with E-state index in [1.807, 2.05) is 22.8 Å². The summed E-state index contributed by atoms with van der Waals surface area (Å²) in [6, 6.07) is 7.99. The molecule has 1 aliphatic rings. The van der Waals surface area contributed by atoms with Crippen LogP contribution in [0.15, 0.2) is 55.1 Å². The van der Waals surface area contributed by atoms with Crippen LogP contribution < -0.4 is 15.9 Å². The van der Waals surface area contributed by atoms with Gasteiger partial charge in [0.05, 0.1) is 31.8 Å². The maximum atomic E-state index is 12.6. The lowest BCUT2D eigenvalue weighted by atomic mass is 10.1. The van der Waals surface area contributed by atoms with Crippen LogP contribution in [0.2, 0.25) is 0 Å². The van der Waals surface area contributed by atoms with Gasteiger partial charge in [0, 0.05) is 5.92 Å². The second-order valence-electron chi connectivity index (χ2n) is 7.84. The number of hydrogen-bond donors (Lipinski definition) is 3. The lowest BCUT2D eigenvalue weighted by molar-refractivity contribution is -0.122.